The first-order valence-electron chi connectivity index (χ1n) is 7.28. The molecule has 2 rings (SSSR count). The Morgan fingerprint density at radius 1 is 1.50 bits per heavy atom. The highest BCUT2D eigenvalue weighted by Crippen LogP contribution is 2.25. The maximum Gasteiger partial charge on any atom is 0.335 e. The summed E-state index contributed by atoms with van der Waals surface area (Å²) in [6.07, 6.45) is 5.62. The minimum absolute atomic E-state index is 0.322. The van der Waals surface area contributed by atoms with Crippen molar-refractivity contribution >= 4 is 23.5 Å². The lowest BCUT2D eigenvalue weighted by molar-refractivity contribution is 0.0696. The number of thioether (sulfide) groups is 1. The first kappa shape index (κ1) is 15.2. The Labute approximate surface area is 124 Å². The Morgan fingerprint density at radius 3 is 3.00 bits per heavy atom. The van der Waals surface area contributed by atoms with Crippen molar-refractivity contribution in [1.29, 1.82) is 0 Å². The number of rotatable bonds is 6. The smallest absolute Gasteiger partial charge is 0.335 e. The maximum atomic E-state index is 11.2. The van der Waals surface area contributed by atoms with Crippen LogP contribution in [0.2, 0.25) is 0 Å². The van der Waals surface area contributed by atoms with E-state index < -0.39 is 5.97 Å². The second-order valence-corrected chi connectivity index (χ2v) is 6.57. The van der Waals surface area contributed by atoms with Crippen LogP contribution in [0, 0.1) is 0 Å². The van der Waals surface area contributed by atoms with Gasteiger partial charge in [-0.2, -0.15) is 11.8 Å². The number of carbonyl (C=O) groups is 1. The SMILES string of the molecule is CCCc1cc(C(=O)O)cc(NCC2CCCCS2)n1. The van der Waals surface area contributed by atoms with E-state index in [9.17, 15) is 4.79 Å². The Kier molecular flexibility index (Phi) is 5.71. The van der Waals surface area contributed by atoms with Gasteiger partial charge < -0.3 is 10.4 Å². The van der Waals surface area contributed by atoms with Gasteiger partial charge in [-0.15, -0.1) is 0 Å². The molecule has 1 aliphatic heterocycles. The summed E-state index contributed by atoms with van der Waals surface area (Å²) >= 11 is 2.00. The van der Waals surface area contributed by atoms with Crippen LogP contribution in [-0.4, -0.2) is 33.6 Å². The molecule has 4 nitrogen and oxygen atoms in total. The van der Waals surface area contributed by atoms with Gasteiger partial charge in [0.05, 0.1) is 5.56 Å². The highest BCUT2D eigenvalue weighted by molar-refractivity contribution is 7.99. The Balaban J connectivity index is 2.03. The molecule has 0 bridgehead atoms. The molecule has 0 saturated carbocycles. The zero-order valence-corrected chi connectivity index (χ0v) is 12.7. The van der Waals surface area contributed by atoms with E-state index in [1.165, 1.54) is 25.0 Å². The number of hydrogen-bond acceptors (Lipinski definition) is 4. The van der Waals surface area contributed by atoms with Crippen molar-refractivity contribution in [3.8, 4) is 0 Å². The number of hydrogen-bond donors (Lipinski definition) is 2. The van der Waals surface area contributed by atoms with Crippen LogP contribution in [0.3, 0.4) is 0 Å². The number of pyridine rings is 1. The van der Waals surface area contributed by atoms with E-state index in [1.54, 1.807) is 12.1 Å². The summed E-state index contributed by atoms with van der Waals surface area (Å²) in [4.78, 5) is 15.7. The minimum atomic E-state index is -0.889. The average Bonchev–Trinajstić information content (AvgIpc) is 2.46. The largest absolute Gasteiger partial charge is 0.478 e. The zero-order chi connectivity index (χ0) is 14.4. The van der Waals surface area contributed by atoms with Crippen molar-refractivity contribution in [3.05, 3.63) is 23.4 Å². The first-order chi connectivity index (χ1) is 9.69. The van der Waals surface area contributed by atoms with Gasteiger partial charge in [0.15, 0.2) is 0 Å². The molecule has 0 radical (unpaired) electrons. The molecule has 1 aliphatic rings. The monoisotopic (exact) mass is 294 g/mol. The summed E-state index contributed by atoms with van der Waals surface area (Å²) in [7, 11) is 0. The van der Waals surface area contributed by atoms with Crippen molar-refractivity contribution < 1.29 is 9.90 Å². The summed E-state index contributed by atoms with van der Waals surface area (Å²) in [6.45, 7) is 2.94. The van der Waals surface area contributed by atoms with Crippen molar-refractivity contribution in [2.45, 2.75) is 44.3 Å². The van der Waals surface area contributed by atoms with Crippen LogP contribution in [0.25, 0.3) is 0 Å². The molecule has 1 unspecified atom stereocenters. The van der Waals surface area contributed by atoms with Crippen LogP contribution < -0.4 is 5.32 Å². The Bertz CT molecular complexity index is 459. The number of nitrogens with zero attached hydrogens (tertiary/aromatic N) is 1. The fourth-order valence-corrected chi connectivity index (χ4v) is 3.61. The standard InChI is InChI=1S/C15H22N2O2S/c1-2-5-12-8-11(15(18)19)9-14(17-12)16-10-13-6-3-4-7-20-13/h8-9,13H,2-7,10H2,1H3,(H,16,17)(H,18,19). The molecule has 0 aliphatic carbocycles. The third kappa shape index (κ3) is 4.40. The molecule has 1 aromatic heterocycles. The minimum Gasteiger partial charge on any atom is -0.478 e. The molecule has 1 saturated heterocycles. The molecule has 5 heteroatoms. The third-order valence-electron chi connectivity index (χ3n) is 3.42. The molecule has 0 amide bonds. The number of aromatic carboxylic acids is 1. The van der Waals surface area contributed by atoms with Crippen molar-refractivity contribution in [3.63, 3.8) is 0 Å². The molecular weight excluding hydrogens is 272 g/mol. The van der Waals surface area contributed by atoms with E-state index in [1.807, 2.05) is 11.8 Å². The highest BCUT2D eigenvalue weighted by atomic mass is 32.2. The summed E-state index contributed by atoms with van der Waals surface area (Å²) in [5.74, 6) is 1.04. The van der Waals surface area contributed by atoms with E-state index in [4.69, 9.17) is 5.11 Å². The number of carboxylic acids is 1. The van der Waals surface area contributed by atoms with Crippen LogP contribution in [-0.2, 0) is 6.42 Å². The van der Waals surface area contributed by atoms with Gasteiger partial charge in [-0.05, 0) is 37.1 Å². The maximum absolute atomic E-state index is 11.2. The molecule has 2 N–H and O–H groups in total. The van der Waals surface area contributed by atoms with Gasteiger partial charge in [0.2, 0.25) is 0 Å². The second-order valence-electron chi connectivity index (χ2n) is 5.16. The fourth-order valence-electron chi connectivity index (χ4n) is 2.37. The fraction of sp³-hybridized carbons (Fsp3) is 0.600. The number of nitrogens with one attached hydrogen (secondary N) is 1. The van der Waals surface area contributed by atoms with Gasteiger partial charge in [-0.1, -0.05) is 19.8 Å². The molecule has 1 atom stereocenters. The average molecular weight is 294 g/mol. The van der Waals surface area contributed by atoms with Crippen molar-refractivity contribution in [2.75, 3.05) is 17.6 Å². The molecule has 2 heterocycles. The van der Waals surface area contributed by atoms with Crippen molar-refractivity contribution in [1.82, 2.24) is 4.98 Å². The lowest BCUT2D eigenvalue weighted by Gasteiger charge is -2.21. The summed E-state index contributed by atoms with van der Waals surface area (Å²) in [5.41, 5.74) is 1.17. The quantitative estimate of drug-likeness (QED) is 0.841. The van der Waals surface area contributed by atoms with Crippen LogP contribution in [0.5, 0.6) is 0 Å². The van der Waals surface area contributed by atoms with Gasteiger partial charge in [0.25, 0.3) is 0 Å². The van der Waals surface area contributed by atoms with Crippen LogP contribution >= 0.6 is 11.8 Å². The van der Waals surface area contributed by atoms with E-state index in [0.717, 1.165) is 25.1 Å². The number of anilines is 1. The Hall–Kier alpha value is -1.23. The number of aromatic nitrogens is 1. The van der Waals surface area contributed by atoms with E-state index in [-0.39, 0.29) is 0 Å². The number of carboxylic acid groups (broad SMARTS) is 1. The van der Waals surface area contributed by atoms with Gasteiger partial charge >= 0.3 is 5.97 Å². The van der Waals surface area contributed by atoms with Gasteiger partial charge in [0.1, 0.15) is 5.82 Å². The van der Waals surface area contributed by atoms with E-state index in [0.29, 0.717) is 16.6 Å². The van der Waals surface area contributed by atoms with Gasteiger partial charge in [0, 0.05) is 17.5 Å². The topological polar surface area (TPSA) is 62.2 Å². The summed E-state index contributed by atoms with van der Waals surface area (Å²) < 4.78 is 0. The number of aryl methyl sites for hydroxylation is 1. The first-order valence-corrected chi connectivity index (χ1v) is 8.33. The van der Waals surface area contributed by atoms with Crippen LogP contribution in [0.1, 0.15) is 48.7 Å². The lowest BCUT2D eigenvalue weighted by atomic mass is 10.1. The van der Waals surface area contributed by atoms with Gasteiger partial charge in [-0.25, -0.2) is 9.78 Å². The van der Waals surface area contributed by atoms with Crippen LogP contribution in [0.4, 0.5) is 5.82 Å². The Morgan fingerprint density at radius 2 is 2.35 bits per heavy atom. The predicted octanol–water partition coefficient (Wildman–Crippen LogP) is 3.43. The third-order valence-corrected chi connectivity index (χ3v) is 4.81. The zero-order valence-electron chi connectivity index (χ0n) is 11.9. The molecule has 20 heavy (non-hydrogen) atoms. The highest BCUT2D eigenvalue weighted by Gasteiger charge is 2.14. The van der Waals surface area contributed by atoms with E-state index >= 15 is 0 Å². The lowest BCUT2D eigenvalue weighted by Crippen LogP contribution is -2.20. The summed E-state index contributed by atoms with van der Waals surface area (Å²) in [6, 6.07) is 3.31. The van der Waals surface area contributed by atoms with Crippen LogP contribution in [0.15, 0.2) is 12.1 Å². The normalized spacial score (nSPS) is 18.8. The molecule has 1 fully saturated rings. The molecule has 110 valence electrons. The van der Waals surface area contributed by atoms with E-state index in [2.05, 4.69) is 17.2 Å². The van der Waals surface area contributed by atoms with Crippen molar-refractivity contribution in [2.24, 2.45) is 0 Å². The molecule has 1 aromatic rings. The molecule has 0 aromatic carbocycles. The summed E-state index contributed by atoms with van der Waals surface area (Å²) in [5, 5.41) is 13.1. The molecule has 0 spiro atoms. The predicted molar refractivity (Wildman–Crippen MR) is 83.8 cm³/mol. The molecular formula is C15H22N2O2S. The van der Waals surface area contributed by atoms with Gasteiger partial charge in [-0.3, -0.25) is 0 Å². The second kappa shape index (κ2) is 7.53.